The van der Waals surface area contributed by atoms with E-state index in [1.165, 1.54) is 49.2 Å². The van der Waals surface area contributed by atoms with Crippen molar-refractivity contribution in [2.24, 2.45) is 0 Å². The van der Waals surface area contributed by atoms with Gasteiger partial charge in [-0.15, -0.1) is 0 Å². The lowest BCUT2D eigenvalue weighted by Gasteiger charge is -2.15. The van der Waals surface area contributed by atoms with Gasteiger partial charge in [0.1, 0.15) is 0 Å². The summed E-state index contributed by atoms with van der Waals surface area (Å²) in [5, 5.41) is 4.94. The van der Waals surface area contributed by atoms with Gasteiger partial charge in [0.25, 0.3) is 0 Å². The summed E-state index contributed by atoms with van der Waals surface area (Å²) in [6, 6.07) is 54.1. The largest absolute Gasteiger partial charge is 0.307 e. The van der Waals surface area contributed by atoms with Crippen LogP contribution in [0.4, 0.5) is 0 Å². The quantitative estimate of drug-likeness (QED) is 0.188. The molecule has 0 unspecified atom stereocenters. The first-order valence-corrected chi connectivity index (χ1v) is 17.2. The van der Waals surface area contributed by atoms with Crippen molar-refractivity contribution in [3.63, 3.8) is 0 Å². The van der Waals surface area contributed by atoms with Gasteiger partial charge in [0.15, 0.2) is 5.82 Å². The molecule has 1 aliphatic rings. The highest BCUT2D eigenvalue weighted by atomic mass is 15.0. The van der Waals surface area contributed by atoms with Crippen LogP contribution in [-0.4, -0.2) is 19.1 Å². The minimum atomic E-state index is 0.741. The van der Waals surface area contributed by atoms with E-state index in [0.717, 1.165) is 52.6 Å². The Morgan fingerprint density at radius 3 is 1.72 bits per heavy atom. The maximum Gasteiger partial charge on any atom is 0.160 e. The molecule has 6 aromatic carbocycles. The lowest BCUT2D eigenvalue weighted by Crippen LogP contribution is -2.01. The van der Waals surface area contributed by atoms with E-state index >= 15 is 0 Å². The van der Waals surface area contributed by atoms with E-state index < -0.39 is 0 Å². The number of nitrogens with zero attached hydrogens (tertiary/aromatic N) is 4. The number of allylic oxidation sites excluding steroid dienone is 4. The van der Waals surface area contributed by atoms with Crippen LogP contribution in [0, 0.1) is 0 Å². The Bertz CT molecular complexity index is 2800. The van der Waals surface area contributed by atoms with Gasteiger partial charge in [-0.05, 0) is 60.9 Å². The van der Waals surface area contributed by atoms with Gasteiger partial charge in [-0.25, -0.2) is 9.97 Å². The normalized spacial score (nSPS) is 13.1. The first-order valence-electron chi connectivity index (χ1n) is 17.2. The van der Waals surface area contributed by atoms with E-state index in [0.29, 0.717) is 0 Å². The van der Waals surface area contributed by atoms with Crippen molar-refractivity contribution in [1.82, 2.24) is 19.1 Å². The molecule has 9 aromatic rings. The highest BCUT2D eigenvalue weighted by molar-refractivity contribution is 6.23. The summed E-state index contributed by atoms with van der Waals surface area (Å²) in [5.74, 6) is 0.741. The van der Waals surface area contributed by atoms with E-state index in [-0.39, 0.29) is 0 Å². The minimum Gasteiger partial charge on any atom is -0.307 e. The van der Waals surface area contributed by atoms with Crippen molar-refractivity contribution < 1.29 is 0 Å². The second kappa shape index (κ2) is 11.6. The number of para-hydroxylation sites is 3. The van der Waals surface area contributed by atoms with Gasteiger partial charge in [-0.2, -0.15) is 0 Å². The third kappa shape index (κ3) is 4.53. The predicted molar refractivity (Wildman–Crippen MR) is 208 cm³/mol. The molecule has 0 atom stereocenters. The van der Waals surface area contributed by atoms with Gasteiger partial charge in [-0.1, -0.05) is 127 Å². The third-order valence-corrected chi connectivity index (χ3v) is 9.98. The summed E-state index contributed by atoms with van der Waals surface area (Å²) in [7, 11) is 0. The number of rotatable bonds is 5. The summed E-state index contributed by atoms with van der Waals surface area (Å²) in [4.78, 5) is 10.3. The van der Waals surface area contributed by atoms with E-state index in [1.54, 1.807) is 0 Å². The zero-order chi connectivity index (χ0) is 33.0. The topological polar surface area (TPSA) is 35.6 Å². The van der Waals surface area contributed by atoms with Crippen molar-refractivity contribution in [1.29, 1.82) is 0 Å². The van der Waals surface area contributed by atoms with Crippen LogP contribution in [0.1, 0.15) is 18.5 Å². The highest BCUT2D eigenvalue weighted by Crippen LogP contribution is 2.42. The average Bonchev–Trinajstić information content (AvgIpc) is 3.72. The Balaban J connectivity index is 1.26. The molecule has 4 nitrogen and oxygen atoms in total. The van der Waals surface area contributed by atoms with Crippen LogP contribution in [0.15, 0.2) is 170 Å². The maximum atomic E-state index is 5.18. The highest BCUT2D eigenvalue weighted by Gasteiger charge is 2.21. The smallest absolute Gasteiger partial charge is 0.160 e. The van der Waals surface area contributed by atoms with Gasteiger partial charge in [0, 0.05) is 44.0 Å². The van der Waals surface area contributed by atoms with Gasteiger partial charge < -0.3 is 9.13 Å². The Morgan fingerprint density at radius 2 is 1.04 bits per heavy atom. The second-order valence-corrected chi connectivity index (χ2v) is 12.9. The molecule has 236 valence electrons. The van der Waals surface area contributed by atoms with Crippen LogP contribution in [0.2, 0.25) is 0 Å². The molecule has 3 aromatic heterocycles. The van der Waals surface area contributed by atoms with Crippen molar-refractivity contribution in [3.05, 3.63) is 176 Å². The van der Waals surface area contributed by atoms with Gasteiger partial charge >= 0.3 is 0 Å². The second-order valence-electron chi connectivity index (χ2n) is 12.9. The van der Waals surface area contributed by atoms with Crippen LogP contribution in [0.5, 0.6) is 0 Å². The molecule has 0 spiro atoms. The Hall–Kier alpha value is -6.52. The molecule has 0 radical (unpaired) electrons. The third-order valence-electron chi connectivity index (χ3n) is 9.98. The molecule has 1 aliphatic carbocycles. The number of hydrogen-bond acceptors (Lipinski definition) is 2. The lowest BCUT2D eigenvalue weighted by molar-refractivity contribution is 1.03. The van der Waals surface area contributed by atoms with Crippen molar-refractivity contribution in [3.8, 4) is 34.0 Å². The first kappa shape index (κ1) is 28.5. The Kier molecular flexibility index (Phi) is 6.59. The zero-order valence-corrected chi connectivity index (χ0v) is 27.4. The number of aromatic nitrogens is 4. The number of fused-ring (bicyclic) bond motifs is 7. The van der Waals surface area contributed by atoms with Crippen LogP contribution in [-0.2, 0) is 0 Å². The van der Waals surface area contributed by atoms with E-state index in [4.69, 9.17) is 9.97 Å². The molecule has 4 heteroatoms. The molecule has 0 fully saturated rings. The Morgan fingerprint density at radius 1 is 0.460 bits per heavy atom. The van der Waals surface area contributed by atoms with Crippen LogP contribution < -0.4 is 0 Å². The molecule has 3 heterocycles. The zero-order valence-electron chi connectivity index (χ0n) is 27.4. The summed E-state index contributed by atoms with van der Waals surface area (Å²) in [6.45, 7) is 0. The molecular weight excluding hydrogens is 609 g/mol. The van der Waals surface area contributed by atoms with Gasteiger partial charge in [0.2, 0.25) is 0 Å². The molecule has 0 aliphatic heterocycles. The van der Waals surface area contributed by atoms with Crippen molar-refractivity contribution in [2.75, 3.05) is 0 Å². The van der Waals surface area contributed by atoms with E-state index in [2.05, 4.69) is 161 Å². The van der Waals surface area contributed by atoms with Crippen molar-refractivity contribution in [2.45, 2.75) is 12.8 Å². The summed E-state index contributed by atoms with van der Waals surface area (Å²) in [5.41, 5.74) is 12.2. The molecule has 0 saturated carbocycles. The fourth-order valence-electron chi connectivity index (χ4n) is 7.71. The van der Waals surface area contributed by atoms with Crippen LogP contribution in [0.3, 0.4) is 0 Å². The summed E-state index contributed by atoms with van der Waals surface area (Å²) < 4.78 is 4.88. The van der Waals surface area contributed by atoms with Crippen molar-refractivity contribution >= 4 is 49.2 Å². The number of hydrogen-bond donors (Lipinski definition) is 0. The fraction of sp³-hybridized carbons (Fsp3) is 0.0435. The summed E-state index contributed by atoms with van der Waals surface area (Å²) >= 11 is 0. The van der Waals surface area contributed by atoms with Crippen LogP contribution in [0.25, 0.3) is 83.2 Å². The molecule has 0 bridgehead atoms. The predicted octanol–water partition coefficient (Wildman–Crippen LogP) is 11.7. The van der Waals surface area contributed by atoms with E-state index in [1.807, 2.05) is 18.2 Å². The van der Waals surface area contributed by atoms with Crippen LogP contribution >= 0.6 is 0 Å². The lowest BCUT2D eigenvalue weighted by atomic mass is 10.00. The van der Waals surface area contributed by atoms with E-state index in [9.17, 15) is 0 Å². The average molecular weight is 641 g/mol. The molecule has 0 saturated heterocycles. The monoisotopic (exact) mass is 640 g/mol. The maximum absolute atomic E-state index is 5.18. The molecular formula is C46H32N4. The number of benzene rings is 6. The molecule has 50 heavy (non-hydrogen) atoms. The van der Waals surface area contributed by atoms with Gasteiger partial charge in [-0.3, -0.25) is 0 Å². The first-order chi connectivity index (χ1) is 24.8. The Labute approximate surface area is 289 Å². The van der Waals surface area contributed by atoms with Gasteiger partial charge in [0.05, 0.1) is 33.5 Å². The summed E-state index contributed by atoms with van der Waals surface area (Å²) in [6.07, 6.45) is 8.53. The molecule has 0 N–H and O–H groups in total. The standard InChI is InChI=1S/C46H32N4/c1-4-15-31(16-5-1)40-30-41(48-46(47-40)32-17-6-2-7-18-32)33-19-14-22-35(29-33)50-43-26-13-11-24-37(43)39-28-27-38-36-23-10-12-25-42(36)49(44(38)45(39)50)34-20-8-3-9-21-34/h1-4,6-15,17-30H,5,16H2. The minimum absolute atomic E-state index is 0.741. The molecule has 0 amide bonds. The SMILES string of the molecule is C1=CCCC(c2cc(-c3cccc(-n4c5ccccc5c5ccc6c7ccccc7n(-c7ccccc7)c6c54)c3)nc(-c3ccccc3)n2)=C1. The fourth-order valence-corrected chi connectivity index (χ4v) is 7.71. The molecule has 10 rings (SSSR count).